The van der Waals surface area contributed by atoms with E-state index in [9.17, 15) is 0 Å². The molecule has 82 valence electrons. The van der Waals surface area contributed by atoms with Crippen LogP contribution in [0.2, 0.25) is 0 Å². The molecule has 0 aromatic carbocycles. The van der Waals surface area contributed by atoms with E-state index in [1.54, 1.807) is 0 Å². The maximum Gasteiger partial charge on any atom is 0.0332 e. The molecule has 2 aliphatic rings. The third-order valence-corrected chi connectivity index (χ3v) is 4.52. The van der Waals surface area contributed by atoms with Gasteiger partial charge in [-0.25, -0.2) is 0 Å². The fraction of sp³-hybridized carbons (Fsp3) is 1.00. The van der Waals surface area contributed by atoms with Crippen molar-refractivity contribution in [2.45, 2.75) is 57.5 Å². The van der Waals surface area contributed by atoms with Crippen molar-refractivity contribution in [1.82, 2.24) is 5.32 Å². The van der Waals surface area contributed by atoms with Crippen LogP contribution in [0.1, 0.15) is 46.0 Å². The van der Waals surface area contributed by atoms with Gasteiger partial charge in [0.1, 0.15) is 0 Å². The number of nitrogens with one attached hydrogen (secondary N) is 1. The fourth-order valence-electron chi connectivity index (χ4n) is 3.10. The third-order valence-electron chi connectivity index (χ3n) is 4.52. The molecule has 2 aliphatic carbocycles. The van der Waals surface area contributed by atoms with Gasteiger partial charge in [0.15, 0.2) is 0 Å². The SMILES string of the molecule is CC1CCC(NC2(CN)CCC2C)C1. The van der Waals surface area contributed by atoms with Gasteiger partial charge in [-0.3, -0.25) is 0 Å². The van der Waals surface area contributed by atoms with Gasteiger partial charge >= 0.3 is 0 Å². The summed E-state index contributed by atoms with van der Waals surface area (Å²) in [6, 6.07) is 0.747. The highest BCUT2D eigenvalue weighted by atomic mass is 15.1. The van der Waals surface area contributed by atoms with E-state index < -0.39 is 0 Å². The van der Waals surface area contributed by atoms with Gasteiger partial charge in [0.05, 0.1) is 0 Å². The Morgan fingerprint density at radius 2 is 2.07 bits per heavy atom. The van der Waals surface area contributed by atoms with Crippen LogP contribution >= 0.6 is 0 Å². The first-order valence-corrected chi connectivity index (χ1v) is 6.14. The molecular weight excluding hydrogens is 172 g/mol. The van der Waals surface area contributed by atoms with Crippen LogP contribution < -0.4 is 11.1 Å². The first-order valence-electron chi connectivity index (χ1n) is 6.14. The predicted molar refractivity (Wildman–Crippen MR) is 60.1 cm³/mol. The van der Waals surface area contributed by atoms with Crippen LogP contribution in [-0.2, 0) is 0 Å². The summed E-state index contributed by atoms with van der Waals surface area (Å²) >= 11 is 0. The quantitative estimate of drug-likeness (QED) is 0.723. The molecule has 0 saturated heterocycles. The molecule has 0 aromatic rings. The lowest BCUT2D eigenvalue weighted by Gasteiger charge is -2.50. The molecule has 2 rings (SSSR count). The number of rotatable bonds is 3. The predicted octanol–water partition coefficient (Wildman–Crippen LogP) is 1.89. The number of hydrogen-bond acceptors (Lipinski definition) is 2. The van der Waals surface area contributed by atoms with Gasteiger partial charge in [0.25, 0.3) is 0 Å². The summed E-state index contributed by atoms with van der Waals surface area (Å²) in [6.07, 6.45) is 6.75. The Balaban J connectivity index is 1.89. The van der Waals surface area contributed by atoms with Crippen molar-refractivity contribution in [3.8, 4) is 0 Å². The van der Waals surface area contributed by atoms with E-state index in [-0.39, 0.29) is 0 Å². The van der Waals surface area contributed by atoms with Crippen molar-refractivity contribution in [2.24, 2.45) is 17.6 Å². The van der Waals surface area contributed by atoms with Crippen LogP contribution in [0, 0.1) is 11.8 Å². The van der Waals surface area contributed by atoms with E-state index in [2.05, 4.69) is 19.2 Å². The van der Waals surface area contributed by atoms with Crippen LogP contribution in [-0.4, -0.2) is 18.1 Å². The summed E-state index contributed by atoms with van der Waals surface area (Å²) < 4.78 is 0. The lowest BCUT2D eigenvalue weighted by atomic mass is 9.67. The summed E-state index contributed by atoms with van der Waals surface area (Å²) in [5, 5.41) is 3.83. The molecule has 0 bridgehead atoms. The number of hydrogen-bond donors (Lipinski definition) is 2. The zero-order valence-corrected chi connectivity index (χ0v) is 9.55. The van der Waals surface area contributed by atoms with Crippen LogP contribution in [0.4, 0.5) is 0 Å². The molecule has 2 saturated carbocycles. The van der Waals surface area contributed by atoms with Crippen LogP contribution in [0.5, 0.6) is 0 Å². The molecule has 14 heavy (non-hydrogen) atoms. The Morgan fingerprint density at radius 1 is 1.29 bits per heavy atom. The zero-order valence-electron chi connectivity index (χ0n) is 9.55. The molecule has 0 amide bonds. The number of nitrogens with two attached hydrogens (primary N) is 1. The first kappa shape index (κ1) is 10.4. The van der Waals surface area contributed by atoms with E-state index >= 15 is 0 Å². The van der Waals surface area contributed by atoms with Crippen molar-refractivity contribution in [2.75, 3.05) is 6.54 Å². The van der Waals surface area contributed by atoms with Crippen molar-refractivity contribution < 1.29 is 0 Å². The summed E-state index contributed by atoms with van der Waals surface area (Å²) in [6.45, 7) is 5.52. The average molecular weight is 196 g/mol. The minimum Gasteiger partial charge on any atom is -0.329 e. The summed E-state index contributed by atoms with van der Waals surface area (Å²) in [4.78, 5) is 0. The van der Waals surface area contributed by atoms with E-state index in [0.717, 1.165) is 24.4 Å². The highest BCUT2D eigenvalue weighted by molar-refractivity contribution is 5.04. The van der Waals surface area contributed by atoms with Crippen molar-refractivity contribution in [3.05, 3.63) is 0 Å². The Kier molecular flexibility index (Phi) is 2.85. The van der Waals surface area contributed by atoms with E-state index in [1.165, 1.54) is 32.1 Å². The molecule has 0 heterocycles. The van der Waals surface area contributed by atoms with E-state index in [4.69, 9.17) is 5.73 Å². The summed E-state index contributed by atoms with van der Waals surface area (Å²) in [5.41, 5.74) is 6.21. The third kappa shape index (κ3) is 1.70. The van der Waals surface area contributed by atoms with Crippen LogP contribution in [0.25, 0.3) is 0 Å². The lowest BCUT2D eigenvalue weighted by molar-refractivity contribution is 0.0900. The maximum absolute atomic E-state index is 5.91. The molecule has 0 radical (unpaired) electrons. The normalized spacial score (nSPS) is 47.8. The minimum atomic E-state index is 0.300. The van der Waals surface area contributed by atoms with Crippen LogP contribution in [0.3, 0.4) is 0 Å². The molecule has 0 spiro atoms. The van der Waals surface area contributed by atoms with E-state index in [1.807, 2.05) is 0 Å². The Morgan fingerprint density at radius 3 is 2.43 bits per heavy atom. The topological polar surface area (TPSA) is 38.0 Å². The van der Waals surface area contributed by atoms with Gasteiger partial charge < -0.3 is 11.1 Å². The van der Waals surface area contributed by atoms with Crippen LogP contribution in [0.15, 0.2) is 0 Å². The average Bonchev–Trinajstić information content (AvgIpc) is 2.58. The molecular formula is C12H24N2. The molecule has 3 N–H and O–H groups in total. The summed E-state index contributed by atoms with van der Waals surface area (Å²) in [7, 11) is 0. The van der Waals surface area contributed by atoms with Gasteiger partial charge in [-0.1, -0.05) is 13.8 Å². The van der Waals surface area contributed by atoms with Gasteiger partial charge in [-0.15, -0.1) is 0 Å². The largest absolute Gasteiger partial charge is 0.329 e. The fourth-order valence-corrected chi connectivity index (χ4v) is 3.10. The molecule has 0 aromatic heterocycles. The van der Waals surface area contributed by atoms with Crippen molar-refractivity contribution in [3.63, 3.8) is 0 Å². The second-order valence-electron chi connectivity index (χ2n) is 5.56. The summed E-state index contributed by atoms with van der Waals surface area (Å²) in [5.74, 6) is 1.70. The van der Waals surface area contributed by atoms with Crippen molar-refractivity contribution in [1.29, 1.82) is 0 Å². The monoisotopic (exact) mass is 196 g/mol. The molecule has 4 unspecified atom stereocenters. The second kappa shape index (κ2) is 3.82. The van der Waals surface area contributed by atoms with Gasteiger partial charge in [0.2, 0.25) is 0 Å². The smallest absolute Gasteiger partial charge is 0.0332 e. The second-order valence-corrected chi connectivity index (χ2v) is 5.56. The first-order chi connectivity index (χ1) is 6.66. The van der Waals surface area contributed by atoms with E-state index in [0.29, 0.717) is 5.54 Å². The highest BCUT2D eigenvalue weighted by Crippen LogP contribution is 2.39. The van der Waals surface area contributed by atoms with Gasteiger partial charge in [-0.2, -0.15) is 0 Å². The minimum absolute atomic E-state index is 0.300. The Bertz CT molecular complexity index is 200. The molecule has 2 nitrogen and oxygen atoms in total. The van der Waals surface area contributed by atoms with Gasteiger partial charge in [-0.05, 0) is 43.9 Å². The Labute approximate surface area is 87.6 Å². The zero-order chi connectivity index (χ0) is 10.2. The maximum atomic E-state index is 5.91. The Hall–Kier alpha value is -0.0800. The van der Waals surface area contributed by atoms with Gasteiger partial charge in [0, 0.05) is 18.1 Å². The molecule has 4 atom stereocenters. The molecule has 0 aliphatic heterocycles. The molecule has 2 fully saturated rings. The standard InChI is InChI=1S/C12H24N2/c1-9-3-4-11(7-9)14-12(8-13)6-5-10(12)2/h9-11,14H,3-8,13H2,1-2H3. The lowest BCUT2D eigenvalue weighted by Crippen LogP contribution is -2.64. The highest BCUT2D eigenvalue weighted by Gasteiger charge is 2.44. The van der Waals surface area contributed by atoms with Crippen molar-refractivity contribution >= 4 is 0 Å². The molecule has 2 heteroatoms.